The van der Waals surface area contributed by atoms with Gasteiger partial charge in [-0.05, 0) is 37.0 Å². The third-order valence-electron chi connectivity index (χ3n) is 2.75. The van der Waals surface area contributed by atoms with Gasteiger partial charge in [0.1, 0.15) is 11.6 Å². The van der Waals surface area contributed by atoms with E-state index in [2.05, 4.69) is 0 Å². The SMILES string of the molecule is CCOC(=O)CCc1c(F)cc(F)cc1CCC(=O)O. The van der Waals surface area contributed by atoms with Crippen LogP contribution in [0.15, 0.2) is 12.1 Å². The van der Waals surface area contributed by atoms with Gasteiger partial charge >= 0.3 is 11.9 Å². The first-order valence-electron chi connectivity index (χ1n) is 6.28. The number of carboxylic acid groups (broad SMARTS) is 1. The third kappa shape index (κ3) is 4.95. The van der Waals surface area contributed by atoms with E-state index in [1.807, 2.05) is 0 Å². The van der Waals surface area contributed by atoms with Crippen LogP contribution in [0.25, 0.3) is 0 Å². The first-order valence-corrected chi connectivity index (χ1v) is 6.28. The molecule has 0 aliphatic carbocycles. The van der Waals surface area contributed by atoms with Crippen LogP contribution >= 0.6 is 0 Å². The molecule has 0 aromatic heterocycles. The molecule has 0 fully saturated rings. The van der Waals surface area contributed by atoms with Crippen molar-refractivity contribution in [2.75, 3.05) is 6.61 Å². The van der Waals surface area contributed by atoms with Crippen molar-refractivity contribution in [3.63, 3.8) is 0 Å². The summed E-state index contributed by atoms with van der Waals surface area (Å²) in [5.74, 6) is -3.05. The summed E-state index contributed by atoms with van der Waals surface area (Å²) >= 11 is 0. The summed E-state index contributed by atoms with van der Waals surface area (Å²) in [4.78, 5) is 21.8. The van der Waals surface area contributed by atoms with Crippen molar-refractivity contribution < 1.29 is 28.2 Å². The molecule has 0 radical (unpaired) electrons. The number of hydrogen-bond acceptors (Lipinski definition) is 3. The number of carbonyl (C=O) groups is 2. The molecule has 20 heavy (non-hydrogen) atoms. The molecule has 6 heteroatoms. The van der Waals surface area contributed by atoms with E-state index in [0.29, 0.717) is 0 Å². The largest absolute Gasteiger partial charge is 0.481 e. The number of aryl methyl sites for hydroxylation is 1. The molecule has 0 saturated heterocycles. The summed E-state index contributed by atoms with van der Waals surface area (Å²) in [6.07, 6.45) is -0.187. The van der Waals surface area contributed by atoms with Crippen LogP contribution in [-0.2, 0) is 27.2 Å². The van der Waals surface area contributed by atoms with Crippen LogP contribution in [0.3, 0.4) is 0 Å². The van der Waals surface area contributed by atoms with Crippen LogP contribution < -0.4 is 0 Å². The highest BCUT2D eigenvalue weighted by molar-refractivity contribution is 5.70. The maximum atomic E-state index is 13.7. The molecule has 0 saturated carbocycles. The van der Waals surface area contributed by atoms with Crippen LogP contribution in [-0.4, -0.2) is 23.7 Å². The number of rotatable bonds is 7. The molecular weight excluding hydrogens is 270 g/mol. The summed E-state index contributed by atoms with van der Waals surface area (Å²) in [7, 11) is 0. The van der Waals surface area contributed by atoms with E-state index in [1.165, 1.54) is 0 Å². The van der Waals surface area contributed by atoms with Crippen molar-refractivity contribution in [3.8, 4) is 0 Å². The highest BCUT2D eigenvalue weighted by atomic mass is 19.1. The average molecular weight is 286 g/mol. The zero-order chi connectivity index (χ0) is 15.1. The Balaban J connectivity index is 2.86. The molecule has 0 unspecified atom stereocenters. The Labute approximate surface area is 115 Å². The Kier molecular flexibility index (Phi) is 6.09. The number of halogens is 2. The molecule has 1 aromatic carbocycles. The first kappa shape index (κ1) is 16.1. The first-order chi connectivity index (χ1) is 9.43. The normalized spacial score (nSPS) is 10.3. The zero-order valence-electron chi connectivity index (χ0n) is 11.1. The number of aliphatic carboxylic acids is 1. The lowest BCUT2D eigenvalue weighted by atomic mass is 9.98. The van der Waals surface area contributed by atoms with Crippen molar-refractivity contribution in [1.29, 1.82) is 0 Å². The lowest BCUT2D eigenvalue weighted by molar-refractivity contribution is -0.143. The molecule has 4 nitrogen and oxygen atoms in total. The number of carboxylic acids is 1. The second-order valence-electron chi connectivity index (χ2n) is 4.22. The zero-order valence-corrected chi connectivity index (χ0v) is 11.1. The van der Waals surface area contributed by atoms with Crippen LogP contribution in [0.1, 0.15) is 30.9 Å². The maximum Gasteiger partial charge on any atom is 0.306 e. The molecule has 0 amide bonds. The second-order valence-corrected chi connectivity index (χ2v) is 4.22. The molecule has 0 bridgehead atoms. The van der Waals surface area contributed by atoms with Gasteiger partial charge in [0.2, 0.25) is 0 Å². The third-order valence-corrected chi connectivity index (χ3v) is 2.75. The van der Waals surface area contributed by atoms with Gasteiger partial charge < -0.3 is 9.84 Å². The van der Waals surface area contributed by atoms with Crippen molar-refractivity contribution in [1.82, 2.24) is 0 Å². The van der Waals surface area contributed by atoms with Gasteiger partial charge in [-0.15, -0.1) is 0 Å². The fourth-order valence-electron chi connectivity index (χ4n) is 1.86. The lowest BCUT2D eigenvalue weighted by Gasteiger charge is -2.10. The molecule has 0 heterocycles. The van der Waals surface area contributed by atoms with Crippen LogP contribution in [0.5, 0.6) is 0 Å². The minimum Gasteiger partial charge on any atom is -0.481 e. The van der Waals surface area contributed by atoms with Crippen molar-refractivity contribution in [2.45, 2.75) is 32.6 Å². The molecular formula is C14H16F2O4. The fraction of sp³-hybridized carbons (Fsp3) is 0.429. The Bertz CT molecular complexity index is 500. The van der Waals surface area contributed by atoms with Crippen LogP contribution in [0.2, 0.25) is 0 Å². The van der Waals surface area contributed by atoms with Crippen molar-refractivity contribution in [3.05, 3.63) is 34.9 Å². The van der Waals surface area contributed by atoms with E-state index in [9.17, 15) is 18.4 Å². The van der Waals surface area contributed by atoms with E-state index in [4.69, 9.17) is 9.84 Å². The van der Waals surface area contributed by atoms with E-state index < -0.39 is 23.6 Å². The maximum absolute atomic E-state index is 13.7. The van der Waals surface area contributed by atoms with Gasteiger partial charge in [0, 0.05) is 18.9 Å². The highest BCUT2D eigenvalue weighted by Gasteiger charge is 2.14. The van der Waals surface area contributed by atoms with Crippen molar-refractivity contribution >= 4 is 11.9 Å². The smallest absolute Gasteiger partial charge is 0.306 e. The molecule has 0 atom stereocenters. The number of ether oxygens (including phenoxy) is 1. The van der Waals surface area contributed by atoms with Gasteiger partial charge in [-0.1, -0.05) is 0 Å². The monoisotopic (exact) mass is 286 g/mol. The molecule has 0 aliphatic heterocycles. The average Bonchev–Trinajstić information content (AvgIpc) is 2.35. The molecule has 110 valence electrons. The summed E-state index contributed by atoms with van der Waals surface area (Å²) < 4.78 is 31.6. The number of hydrogen-bond donors (Lipinski definition) is 1. The van der Waals surface area contributed by atoms with Crippen LogP contribution in [0.4, 0.5) is 8.78 Å². The molecule has 1 aromatic rings. The van der Waals surface area contributed by atoms with Gasteiger partial charge in [0.05, 0.1) is 6.61 Å². The Morgan fingerprint density at radius 2 is 1.90 bits per heavy atom. The van der Waals surface area contributed by atoms with Gasteiger partial charge in [0.15, 0.2) is 0 Å². The Morgan fingerprint density at radius 1 is 1.20 bits per heavy atom. The van der Waals surface area contributed by atoms with E-state index >= 15 is 0 Å². The number of carbonyl (C=O) groups excluding carboxylic acids is 1. The molecule has 1 N–H and O–H groups in total. The number of esters is 1. The fourth-order valence-corrected chi connectivity index (χ4v) is 1.86. The lowest BCUT2D eigenvalue weighted by Crippen LogP contribution is -2.09. The molecule has 0 spiro atoms. The topological polar surface area (TPSA) is 63.6 Å². The molecule has 1 rings (SSSR count). The summed E-state index contributed by atoms with van der Waals surface area (Å²) in [6, 6.07) is 1.83. The van der Waals surface area contributed by atoms with Crippen molar-refractivity contribution in [2.24, 2.45) is 0 Å². The predicted molar refractivity (Wildman–Crippen MR) is 67.3 cm³/mol. The summed E-state index contributed by atoms with van der Waals surface area (Å²) in [6.45, 7) is 1.89. The van der Waals surface area contributed by atoms with E-state index in [-0.39, 0.29) is 43.4 Å². The summed E-state index contributed by atoms with van der Waals surface area (Å²) in [5.41, 5.74) is 0.440. The standard InChI is InChI=1S/C14H16F2O4/c1-2-20-14(19)6-4-11-9(3-5-13(17)18)7-10(15)8-12(11)16/h7-8H,2-6H2,1H3,(H,17,18). The molecule has 0 aliphatic rings. The highest BCUT2D eigenvalue weighted by Crippen LogP contribution is 2.20. The van der Waals surface area contributed by atoms with Gasteiger partial charge in [0.25, 0.3) is 0 Å². The van der Waals surface area contributed by atoms with Gasteiger partial charge in [-0.3, -0.25) is 9.59 Å². The van der Waals surface area contributed by atoms with E-state index in [0.717, 1.165) is 12.1 Å². The van der Waals surface area contributed by atoms with E-state index in [1.54, 1.807) is 6.92 Å². The Hall–Kier alpha value is -1.98. The summed E-state index contributed by atoms with van der Waals surface area (Å²) in [5, 5.41) is 8.63. The number of benzene rings is 1. The van der Waals surface area contributed by atoms with Gasteiger partial charge in [-0.2, -0.15) is 0 Å². The quantitative estimate of drug-likeness (QED) is 0.782. The van der Waals surface area contributed by atoms with Crippen LogP contribution in [0, 0.1) is 11.6 Å². The Morgan fingerprint density at radius 3 is 2.50 bits per heavy atom. The minimum absolute atomic E-state index is 0.0160. The van der Waals surface area contributed by atoms with Gasteiger partial charge in [-0.25, -0.2) is 8.78 Å². The predicted octanol–water partition coefficient (Wildman–Crippen LogP) is 2.48. The minimum atomic E-state index is -1.05. The second kappa shape index (κ2) is 7.57.